The average molecular weight is 135 g/mol. The molecule has 0 saturated carbocycles. The third-order valence-corrected chi connectivity index (χ3v) is 0.998. The van der Waals surface area contributed by atoms with Crippen molar-refractivity contribution >= 4 is 5.82 Å². The molecule has 0 bridgehead atoms. The van der Waals surface area contributed by atoms with E-state index in [1.54, 1.807) is 0 Å². The summed E-state index contributed by atoms with van der Waals surface area (Å²) in [6.45, 7) is 0. The molecule has 0 spiro atoms. The quantitative estimate of drug-likeness (QED) is 0.463. The van der Waals surface area contributed by atoms with Gasteiger partial charge in [-0.1, -0.05) is 5.92 Å². The number of hydrogen-bond donors (Lipinski definition) is 2. The van der Waals surface area contributed by atoms with Crippen LogP contribution in [0.5, 0.6) is 0 Å². The van der Waals surface area contributed by atoms with Gasteiger partial charge in [-0.3, -0.25) is 4.98 Å². The van der Waals surface area contributed by atoms with Crippen LogP contribution in [-0.4, -0.2) is 9.97 Å². The molecule has 1 rings (SSSR count). The summed E-state index contributed by atoms with van der Waals surface area (Å²) in [6.07, 6.45) is 6.27. The van der Waals surface area contributed by atoms with Crippen molar-refractivity contribution in [1.82, 2.24) is 9.97 Å². The topological polar surface area (TPSA) is 71.8 Å². The molecule has 3 N–H and O–H groups in total. The molecule has 4 heteroatoms. The number of aromatic nitrogens is 2. The monoisotopic (exact) mass is 135 g/mol. The fraction of sp³-hybridized carbons (Fsp3) is 0. The Morgan fingerprint density at radius 1 is 1.80 bits per heavy atom. The van der Waals surface area contributed by atoms with Crippen LogP contribution in [0.2, 0.25) is 0 Å². The molecule has 50 valence electrons. The first-order valence-electron chi connectivity index (χ1n) is 2.55. The molecule has 10 heavy (non-hydrogen) atoms. The van der Waals surface area contributed by atoms with Gasteiger partial charge in [0.2, 0.25) is 0 Å². The second-order valence-corrected chi connectivity index (χ2v) is 1.66. The Labute approximate surface area is 57.1 Å². The molecule has 0 unspecified atom stereocenters. The third kappa shape index (κ3) is 0.977. The van der Waals surface area contributed by atoms with E-state index in [-0.39, 0.29) is 5.82 Å². The first-order valence-corrected chi connectivity index (χ1v) is 2.55. The summed E-state index contributed by atoms with van der Waals surface area (Å²) in [5, 5.41) is 0. The summed E-state index contributed by atoms with van der Waals surface area (Å²) >= 11 is 0. The highest BCUT2D eigenvalue weighted by molar-refractivity contribution is 5.47. The van der Waals surface area contributed by atoms with Crippen LogP contribution < -0.4 is 11.4 Å². The molecule has 1 aromatic rings. The summed E-state index contributed by atoms with van der Waals surface area (Å²) in [4.78, 5) is 16.1. The largest absolute Gasteiger partial charge is 0.384 e. The van der Waals surface area contributed by atoms with Crippen LogP contribution in [-0.2, 0) is 0 Å². The predicted octanol–water partition coefficient (Wildman–Crippen LogP) is -0.667. The van der Waals surface area contributed by atoms with E-state index in [0.29, 0.717) is 5.56 Å². The van der Waals surface area contributed by atoms with Crippen LogP contribution >= 0.6 is 0 Å². The number of aromatic amines is 1. The number of anilines is 1. The summed E-state index contributed by atoms with van der Waals surface area (Å²) < 4.78 is 0. The molecular weight excluding hydrogens is 130 g/mol. The highest BCUT2D eigenvalue weighted by Crippen LogP contribution is 1.98. The first kappa shape index (κ1) is 6.36. The highest BCUT2D eigenvalue weighted by atomic mass is 16.1. The maximum absolute atomic E-state index is 10.4. The maximum Gasteiger partial charge on any atom is 0.346 e. The first-order chi connectivity index (χ1) is 4.74. The zero-order chi connectivity index (χ0) is 7.56. The zero-order valence-corrected chi connectivity index (χ0v) is 5.09. The molecule has 0 aliphatic heterocycles. The highest BCUT2D eigenvalue weighted by Gasteiger charge is 1.94. The van der Waals surface area contributed by atoms with Gasteiger partial charge in [-0.15, -0.1) is 6.42 Å². The molecule has 1 heterocycles. The van der Waals surface area contributed by atoms with Gasteiger partial charge in [0, 0.05) is 0 Å². The number of H-pyrrole nitrogens is 1. The summed E-state index contributed by atoms with van der Waals surface area (Å²) in [6, 6.07) is 0. The van der Waals surface area contributed by atoms with E-state index < -0.39 is 5.69 Å². The Hall–Kier alpha value is -1.76. The van der Waals surface area contributed by atoms with Gasteiger partial charge >= 0.3 is 5.69 Å². The predicted molar refractivity (Wildman–Crippen MR) is 37.2 cm³/mol. The van der Waals surface area contributed by atoms with Crippen LogP contribution in [0.4, 0.5) is 5.82 Å². The molecule has 0 aliphatic rings. The van der Waals surface area contributed by atoms with Crippen molar-refractivity contribution in [3.8, 4) is 12.3 Å². The Balaban J connectivity index is 3.37. The summed E-state index contributed by atoms with van der Waals surface area (Å²) in [5.41, 5.74) is 5.21. The minimum atomic E-state index is -0.489. The third-order valence-electron chi connectivity index (χ3n) is 0.998. The van der Waals surface area contributed by atoms with Gasteiger partial charge in [0.05, 0.1) is 11.8 Å². The van der Waals surface area contributed by atoms with E-state index in [9.17, 15) is 4.79 Å². The van der Waals surface area contributed by atoms with Crippen LogP contribution in [0, 0.1) is 12.3 Å². The lowest BCUT2D eigenvalue weighted by atomic mass is 10.3. The minimum absolute atomic E-state index is 0.183. The van der Waals surface area contributed by atoms with Gasteiger partial charge in [-0.2, -0.15) is 0 Å². The van der Waals surface area contributed by atoms with Crippen LogP contribution in [0.25, 0.3) is 0 Å². The van der Waals surface area contributed by atoms with Crippen LogP contribution in [0.15, 0.2) is 11.0 Å². The Morgan fingerprint density at radius 2 is 2.50 bits per heavy atom. The Kier molecular flexibility index (Phi) is 1.42. The standard InChI is InChI=1S/C6H5N3O/c1-2-4-3-8-6(10)9-5(4)7/h1,3H,(H3,7,8,9,10). The molecular formula is C6H5N3O. The molecule has 0 fully saturated rings. The normalized spacial score (nSPS) is 8.70. The number of nitrogen functional groups attached to an aromatic ring is 1. The van der Waals surface area contributed by atoms with Gasteiger partial charge in [0.25, 0.3) is 0 Å². The van der Waals surface area contributed by atoms with Gasteiger partial charge in [-0.25, -0.2) is 9.78 Å². The van der Waals surface area contributed by atoms with Crippen molar-refractivity contribution in [2.45, 2.75) is 0 Å². The van der Waals surface area contributed by atoms with E-state index in [1.807, 2.05) is 0 Å². The molecule has 0 saturated heterocycles. The summed E-state index contributed by atoms with van der Waals surface area (Å²) in [7, 11) is 0. The molecule has 0 atom stereocenters. The number of nitrogens with zero attached hydrogens (tertiary/aromatic N) is 1. The number of terminal acetylenes is 1. The van der Waals surface area contributed by atoms with Crippen molar-refractivity contribution in [2.75, 3.05) is 5.73 Å². The molecule has 0 amide bonds. The SMILES string of the molecule is C#Cc1cnc(=O)[nH]c1N. The maximum atomic E-state index is 10.4. The van der Waals surface area contributed by atoms with Crippen molar-refractivity contribution in [3.05, 3.63) is 22.2 Å². The number of nitrogens with two attached hydrogens (primary N) is 1. The van der Waals surface area contributed by atoms with Crippen molar-refractivity contribution < 1.29 is 0 Å². The Bertz CT molecular complexity index is 334. The van der Waals surface area contributed by atoms with Gasteiger partial charge in [0.15, 0.2) is 0 Å². The fourth-order valence-corrected chi connectivity index (χ4v) is 0.523. The van der Waals surface area contributed by atoms with E-state index in [2.05, 4.69) is 15.9 Å². The van der Waals surface area contributed by atoms with E-state index >= 15 is 0 Å². The van der Waals surface area contributed by atoms with Gasteiger partial charge < -0.3 is 5.73 Å². The van der Waals surface area contributed by atoms with Crippen molar-refractivity contribution in [1.29, 1.82) is 0 Å². The number of rotatable bonds is 0. The average Bonchev–Trinajstić information content (AvgIpc) is 1.88. The van der Waals surface area contributed by atoms with Gasteiger partial charge in [0.1, 0.15) is 5.82 Å². The van der Waals surface area contributed by atoms with Gasteiger partial charge in [-0.05, 0) is 0 Å². The summed E-state index contributed by atoms with van der Waals surface area (Å²) in [5.74, 6) is 2.45. The van der Waals surface area contributed by atoms with E-state index in [0.717, 1.165) is 0 Å². The molecule has 0 aromatic carbocycles. The van der Waals surface area contributed by atoms with Crippen LogP contribution in [0.1, 0.15) is 5.56 Å². The minimum Gasteiger partial charge on any atom is -0.384 e. The molecule has 1 aromatic heterocycles. The second-order valence-electron chi connectivity index (χ2n) is 1.66. The lowest BCUT2D eigenvalue weighted by Crippen LogP contribution is -2.12. The number of nitrogens with one attached hydrogen (secondary N) is 1. The van der Waals surface area contributed by atoms with E-state index in [4.69, 9.17) is 12.2 Å². The molecule has 4 nitrogen and oxygen atoms in total. The van der Waals surface area contributed by atoms with Crippen molar-refractivity contribution in [3.63, 3.8) is 0 Å². The van der Waals surface area contributed by atoms with E-state index in [1.165, 1.54) is 6.20 Å². The smallest absolute Gasteiger partial charge is 0.346 e. The zero-order valence-electron chi connectivity index (χ0n) is 5.09. The lowest BCUT2D eigenvalue weighted by molar-refractivity contribution is 1.08. The lowest BCUT2D eigenvalue weighted by Gasteiger charge is -1.92. The molecule has 0 radical (unpaired) electrons. The number of hydrogen-bond acceptors (Lipinski definition) is 3. The molecule has 0 aliphatic carbocycles. The second kappa shape index (κ2) is 2.23. The van der Waals surface area contributed by atoms with Crippen molar-refractivity contribution in [2.24, 2.45) is 0 Å². The van der Waals surface area contributed by atoms with Crippen LogP contribution in [0.3, 0.4) is 0 Å². The Morgan fingerprint density at radius 3 is 3.00 bits per heavy atom. The fourth-order valence-electron chi connectivity index (χ4n) is 0.523.